The van der Waals surface area contributed by atoms with Gasteiger partial charge in [-0.15, -0.1) is 10.2 Å². The fourth-order valence-electron chi connectivity index (χ4n) is 2.55. The number of benzene rings is 2. The van der Waals surface area contributed by atoms with Crippen molar-refractivity contribution in [3.05, 3.63) is 59.5 Å². The zero-order valence-corrected chi connectivity index (χ0v) is 17.6. The molecule has 1 heterocycles. The van der Waals surface area contributed by atoms with Crippen LogP contribution in [0.2, 0.25) is 0 Å². The number of anilines is 1. The van der Waals surface area contributed by atoms with Gasteiger partial charge in [0, 0.05) is 0 Å². The van der Waals surface area contributed by atoms with Crippen molar-refractivity contribution in [2.24, 2.45) is 0 Å². The highest BCUT2D eigenvalue weighted by molar-refractivity contribution is 8.00. The fraction of sp³-hybridized carbons (Fsp3) is 0.286. The molecule has 1 amide bonds. The van der Waals surface area contributed by atoms with Gasteiger partial charge in [-0.25, -0.2) is 0 Å². The summed E-state index contributed by atoms with van der Waals surface area (Å²) in [6.07, 6.45) is 0. The van der Waals surface area contributed by atoms with Crippen molar-refractivity contribution in [3.8, 4) is 11.5 Å². The number of hydrogen-bond acceptors (Lipinski definition) is 7. The maximum Gasteiger partial charge on any atom is 0.277 e. The second kappa shape index (κ2) is 9.47. The van der Waals surface area contributed by atoms with Crippen molar-refractivity contribution < 1.29 is 18.7 Å². The summed E-state index contributed by atoms with van der Waals surface area (Å²) < 4.78 is 16.5. The Morgan fingerprint density at radius 2 is 1.97 bits per heavy atom. The first-order chi connectivity index (χ1) is 13.9. The van der Waals surface area contributed by atoms with Crippen molar-refractivity contribution in [2.75, 3.05) is 12.4 Å². The predicted octanol–water partition coefficient (Wildman–Crippen LogP) is 4.39. The third-order valence-electron chi connectivity index (χ3n) is 4.06. The fourth-order valence-corrected chi connectivity index (χ4v) is 3.25. The van der Waals surface area contributed by atoms with Crippen LogP contribution in [0.15, 0.2) is 52.1 Å². The summed E-state index contributed by atoms with van der Waals surface area (Å²) in [6.45, 7) is 5.88. The molecule has 0 radical (unpaired) electrons. The van der Waals surface area contributed by atoms with Crippen LogP contribution >= 0.6 is 11.8 Å². The molecule has 0 fully saturated rings. The molecule has 0 saturated carbocycles. The van der Waals surface area contributed by atoms with Crippen molar-refractivity contribution in [1.29, 1.82) is 0 Å². The number of amides is 1. The molecule has 152 valence electrons. The average Bonchev–Trinajstić information content (AvgIpc) is 3.14. The summed E-state index contributed by atoms with van der Waals surface area (Å²) in [5.74, 6) is 1.50. The number of aryl methyl sites for hydroxylation is 2. The molecular weight excluding hydrogens is 390 g/mol. The van der Waals surface area contributed by atoms with Gasteiger partial charge in [0.25, 0.3) is 11.1 Å². The molecular formula is C21H23N3O4S. The molecule has 0 aliphatic carbocycles. The molecule has 0 aliphatic heterocycles. The standard InChI is InChI=1S/C21H23N3O4S/c1-13-6-5-7-16(10-13)27-12-19-23-24-21(28-19)29-15(3)20(25)22-17-11-14(2)8-9-18(17)26-4/h5-11,15H,12H2,1-4H3,(H,22,25)/t15-/m1/s1. The van der Waals surface area contributed by atoms with Gasteiger partial charge in [-0.1, -0.05) is 30.0 Å². The second-order valence-electron chi connectivity index (χ2n) is 6.52. The Morgan fingerprint density at radius 1 is 1.17 bits per heavy atom. The van der Waals surface area contributed by atoms with Gasteiger partial charge < -0.3 is 19.2 Å². The molecule has 7 nitrogen and oxygen atoms in total. The number of nitrogens with zero attached hydrogens (tertiary/aromatic N) is 2. The molecule has 3 aromatic rings. The number of carbonyl (C=O) groups is 1. The van der Waals surface area contributed by atoms with Crippen LogP contribution in [0.1, 0.15) is 23.9 Å². The van der Waals surface area contributed by atoms with Gasteiger partial charge >= 0.3 is 0 Å². The van der Waals surface area contributed by atoms with Crippen LogP contribution in [0, 0.1) is 13.8 Å². The summed E-state index contributed by atoms with van der Waals surface area (Å²) >= 11 is 1.18. The van der Waals surface area contributed by atoms with Crippen LogP contribution in [0.5, 0.6) is 11.5 Å². The molecule has 0 saturated heterocycles. The largest absolute Gasteiger partial charge is 0.495 e. The van der Waals surface area contributed by atoms with E-state index in [9.17, 15) is 4.79 Å². The normalized spacial score (nSPS) is 11.7. The van der Waals surface area contributed by atoms with E-state index in [1.54, 1.807) is 14.0 Å². The van der Waals surface area contributed by atoms with E-state index < -0.39 is 5.25 Å². The average molecular weight is 413 g/mol. The number of hydrogen-bond donors (Lipinski definition) is 1. The van der Waals surface area contributed by atoms with Crippen LogP contribution in [-0.2, 0) is 11.4 Å². The first kappa shape index (κ1) is 20.7. The van der Waals surface area contributed by atoms with Gasteiger partial charge in [-0.3, -0.25) is 4.79 Å². The van der Waals surface area contributed by atoms with Gasteiger partial charge in [0.2, 0.25) is 5.91 Å². The summed E-state index contributed by atoms with van der Waals surface area (Å²) in [6, 6.07) is 13.3. The lowest BCUT2D eigenvalue weighted by atomic mass is 10.2. The van der Waals surface area contributed by atoms with E-state index in [0.717, 1.165) is 16.9 Å². The quantitative estimate of drug-likeness (QED) is 0.548. The molecule has 29 heavy (non-hydrogen) atoms. The summed E-state index contributed by atoms with van der Waals surface area (Å²) in [7, 11) is 1.57. The highest BCUT2D eigenvalue weighted by atomic mass is 32.2. The Kier molecular flexibility index (Phi) is 6.77. The van der Waals surface area contributed by atoms with E-state index in [0.29, 0.717) is 22.6 Å². The Hall–Kier alpha value is -3.00. The van der Waals surface area contributed by atoms with Crippen LogP contribution in [-0.4, -0.2) is 28.5 Å². The zero-order chi connectivity index (χ0) is 20.8. The van der Waals surface area contributed by atoms with Crippen molar-refractivity contribution in [2.45, 2.75) is 37.9 Å². The molecule has 0 bridgehead atoms. The minimum Gasteiger partial charge on any atom is -0.495 e. The molecule has 3 rings (SSSR count). The number of carbonyl (C=O) groups excluding carboxylic acids is 1. The highest BCUT2D eigenvalue weighted by Crippen LogP contribution is 2.28. The monoisotopic (exact) mass is 413 g/mol. The number of ether oxygens (including phenoxy) is 2. The maximum atomic E-state index is 12.5. The van der Waals surface area contributed by atoms with Gasteiger partial charge in [0.1, 0.15) is 11.5 Å². The highest BCUT2D eigenvalue weighted by Gasteiger charge is 2.20. The minimum absolute atomic E-state index is 0.165. The van der Waals surface area contributed by atoms with Crippen LogP contribution < -0.4 is 14.8 Å². The van der Waals surface area contributed by atoms with Crippen molar-refractivity contribution in [3.63, 3.8) is 0 Å². The number of aromatic nitrogens is 2. The third kappa shape index (κ3) is 5.74. The Morgan fingerprint density at radius 3 is 2.72 bits per heavy atom. The lowest BCUT2D eigenvalue weighted by molar-refractivity contribution is -0.115. The van der Waals surface area contributed by atoms with E-state index >= 15 is 0 Å². The first-order valence-corrected chi connectivity index (χ1v) is 9.96. The van der Waals surface area contributed by atoms with Crippen LogP contribution in [0.4, 0.5) is 5.69 Å². The molecule has 1 aromatic heterocycles. The Bertz CT molecular complexity index is 990. The number of methoxy groups -OCH3 is 1. The predicted molar refractivity (Wildman–Crippen MR) is 111 cm³/mol. The third-order valence-corrected chi connectivity index (χ3v) is 4.99. The van der Waals surface area contributed by atoms with E-state index in [2.05, 4.69) is 15.5 Å². The lowest BCUT2D eigenvalue weighted by Crippen LogP contribution is -2.22. The number of rotatable bonds is 8. The topological polar surface area (TPSA) is 86.5 Å². The van der Waals surface area contributed by atoms with Crippen LogP contribution in [0.25, 0.3) is 0 Å². The number of thioether (sulfide) groups is 1. The van der Waals surface area contributed by atoms with Gasteiger partial charge in [-0.05, 0) is 56.2 Å². The van der Waals surface area contributed by atoms with Crippen LogP contribution in [0.3, 0.4) is 0 Å². The van der Waals surface area contributed by atoms with E-state index in [4.69, 9.17) is 13.9 Å². The molecule has 0 aliphatic rings. The lowest BCUT2D eigenvalue weighted by Gasteiger charge is -2.13. The molecule has 8 heteroatoms. The summed E-state index contributed by atoms with van der Waals surface area (Å²) in [5, 5.41) is 10.7. The summed E-state index contributed by atoms with van der Waals surface area (Å²) in [4.78, 5) is 12.5. The molecule has 1 N–H and O–H groups in total. The maximum absolute atomic E-state index is 12.5. The van der Waals surface area contributed by atoms with Gasteiger partial charge in [-0.2, -0.15) is 0 Å². The van der Waals surface area contributed by atoms with E-state index in [-0.39, 0.29) is 12.5 Å². The van der Waals surface area contributed by atoms with Crippen molar-refractivity contribution >= 4 is 23.4 Å². The first-order valence-electron chi connectivity index (χ1n) is 9.08. The smallest absolute Gasteiger partial charge is 0.277 e. The van der Waals surface area contributed by atoms with Crippen molar-refractivity contribution in [1.82, 2.24) is 10.2 Å². The minimum atomic E-state index is -0.439. The van der Waals surface area contributed by atoms with Gasteiger partial charge in [0.15, 0.2) is 6.61 Å². The van der Waals surface area contributed by atoms with E-state index in [1.165, 1.54) is 11.8 Å². The Labute approximate surface area is 173 Å². The van der Waals surface area contributed by atoms with E-state index in [1.807, 2.05) is 56.3 Å². The SMILES string of the molecule is COc1ccc(C)cc1NC(=O)[C@@H](C)Sc1nnc(COc2cccc(C)c2)o1. The second-order valence-corrected chi connectivity index (χ2v) is 7.81. The van der Waals surface area contributed by atoms with Gasteiger partial charge in [0.05, 0.1) is 18.0 Å². The zero-order valence-electron chi connectivity index (χ0n) is 16.8. The molecule has 0 spiro atoms. The number of nitrogens with one attached hydrogen (secondary N) is 1. The Balaban J connectivity index is 1.56. The summed E-state index contributed by atoms with van der Waals surface area (Å²) in [5.41, 5.74) is 2.76. The molecule has 1 atom stereocenters. The molecule has 0 unspecified atom stereocenters. The molecule has 2 aromatic carbocycles.